The molecule has 1 atom stereocenters. The first-order chi connectivity index (χ1) is 16.0. The minimum atomic E-state index is -0.224. The Morgan fingerprint density at radius 3 is 2.61 bits per heavy atom. The number of fused-ring (bicyclic) bond motifs is 1. The monoisotopic (exact) mass is 480 g/mol. The van der Waals surface area contributed by atoms with Crippen molar-refractivity contribution in [2.24, 2.45) is 5.10 Å². The normalized spacial score (nSPS) is 17.1. The predicted octanol–water partition coefficient (Wildman–Crippen LogP) is 5.40. The number of amides is 1. The van der Waals surface area contributed by atoms with Crippen molar-refractivity contribution in [1.29, 1.82) is 0 Å². The van der Waals surface area contributed by atoms with Crippen LogP contribution >= 0.6 is 23.2 Å². The van der Waals surface area contributed by atoms with Crippen molar-refractivity contribution < 1.29 is 9.53 Å². The van der Waals surface area contributed by atoms with Crippen molar-refractivity contribution in [3.63, 3.8) is 0 Å². The number of carbonyl (C=O) groups is 1. The fraction of sp³-hybridized carbons (Fsp3) is 0.200. The van der Waals surface area contributed by atoms with Gasteiger partial charge in [-0.25, -0.2) is 0 Å². The van der Waals surface area contributed by atoms with Gasteiger partial charge in [0.25, 0.3) is 5.91 Å². The van der Waals surface area contributed by atoms with E-state index in [1.165, 1.54) is 5.56 Å². The number of hydrazine groups is 1. The van der Waals surface area contributed by atoms with E-state index in [0.29, 0.717) is 27.9 Å². The van der Waals surface area contributed by atoms with Gasteiger partial charge in [0.05, 0.1) is 29.5 Å². The maximum Gasteiger partial charge on any atom is 0.286 e. The summed E-state index contributed by atoms with van der Waals surface area (Å²) in [5.41, 5.74) is 7.39. The van der Waals surface area contributed by atoms with Gasteiger partial charge in [0.15, 0.2) is 0 Å². The Morgan fingerprint density at radius 1 is 1.06 bits per heavy atom. The molecule has 168 valence electrons. The Bertz CT molecular complexity index is 1230. The van der Waals surface area contributed by atoms with Gasteiger partial charge in [-0.05, 0) is 53.9 Å². The first-order valence-electron chi connectivity index (χ1n) is 10.7. The number of carbonyl (C=O) groups excluding carboxylic acids is 1. The minimum Gasteiger partial charge on any atom is -0.497 e. The summed E-state index contributed by atoms with van der Waals surface area (Å²) in [6, 6.07) is 20.9. The van der Waals surface area contributed by atoms with E-state index in [1.807, 2.05) is 53.5 Å². The SMILES string of the molecule is COc1ccc(C2CC(C(=O)NN3CCc4ccccc43)=NN2c2ccc(Cl)cc2Cl)cc1. The van der Waals surface area contributed by atoms with Crippen LogP contribution in [0.15, 0.2) is 71.8 Å². The van der Waals surface area contributed by atoms with E-state index in [4.69, 9.17) is 33.0 Å². The lowest BCUT2D eigenvalue weighted by atomic mass is 10.0. The van der Waals surface area contributed by atoms with Crippen LogP contribution in [0.3, 0.4) is 0 Å². The first-order valence-corrected chi connectivity index (χ1v) is 11.4. The molecule has 6 nitrogen and oxygen atoms in total. The van der Waals surface area contributed by atoms with Gasteiger partial charge in [-0.15, -0.1) is 0 Å². The van der Waals surface area contributed by atoms with Gasteiger partial charge in [0, 0.05) is 18.0 Å². The fourth-order valence-corrected chi connectivity index (χ4v) is 4.76. The van der Waals surface area contributed by atoms with E-state index < -0.39 is 0 Å². The fourth-order valence-electron chi connectivity index (χ4n) is 4.26. The number of anilines is 2. The molecule has 1 unspecified atom stereocenters. The van der Waals surface area contributed by atoms with Crippen LogP contribution in [-0.4, -0.2) is 25.3 Å². The van der Waals surface area contributed by atoms with Crippen molar-refractivity contribution in [2.75, 3.05) is 23.7 Å². The Balaban J connectivity index is 1.44. The maximum atomic E-state index is 13.2. The highest BCUT2D eigenvalue weighted by atomic mass is 35.5. The molecule has 2 aliphatic heterocycles. The smallest absolute Gasteiger partial charge is 0.286 e. The molecule has 0 aliphatic carbocycles. The molecule has 2 aliphatic rings. The summed E-state index contributed by atoms with van der Waals surface area (Å²) in [6.45, 7) is 0.729. The molecule has 0 bridgehead atoms. The van der Waals surface area contributed by atoms with Crippen LogP contribution in [0.25, 0.3) is 0 Å². The number of hydrazone groups is 1. The lowest BCUT2D eigenvalue weighted by Gasteiger charge is -2.25. The number of halogens is 2. The predicted molar refractivity (Wildman–Crippen MR) is 132 cm³/mol. The molecule has 0 spiro atoms. The average Bonchev–Trinajstić information content (AvgIpc) is 3.44. The third kappa shape index (κ3) is 4.24. The van der Waals surface area contributed by atoms with Crippen LogP contribution in [0.2, 0.25) is 10.0 Å². The number of ether oxygens (including phenoxy) is 1. The largest absolute Gasteiger partial charge is 0.497 e. The number of rotatable bonds is 5. The number of nitrogens with one attached hydrogen (secondary N) is 1. The second-order valence-electron chi connectivity index (χ2n) is 7.95. The molecule has 3 aromatic carbocycles. The molecule has 33 heavy (non-hydrogen) atoms. The standard InChI is InChI=1S/C25H22Cl2N4O2/c1-33-19-9-6-17(7-10-19)24-15-21(28-31(24)23-11-8-18(26)14-20(23)27)25(32)29-30-13-12-16-4-2-3-5-22(16)30/h2-11,14,24H,12-13,15H2,1H3,(H,29,32). The van der Waals surface area contributed by atoms with E-state index >= 15 is 0 Å². The van der Waals surface area contributed by atoms with E-state index in [1.54, 1.807) is 24.3 Å². The van der Waals surface area contributed by atoms with Gasteiger partial charge in [-0.3, -0.25) is 20.2 Å². The average molecular weight is 481 g/mol. The Labute approximate surface area is 202 Å². The molecule has 2 heterocycles. The Morgan fingerprint density at radius 2 is 1.85 bits per heavy atom. The molecule has 0 fully saturated rings. The van der Waals surface area contributed by atoms with E-state index in [9.17, 15) is 4.79 Å². The summed E-state index contributed by atoms with van der Waals surface area (Å²) in [5.74, 6) is 0.539. The summed E-state index contributed by atoms with van der Waals surface area (Å²) in [4.78, 5) is 13.2. The molecule has 8 heteroatoms. The zero-order chi connectivity index (χ0) is 22.9. The Kier molecular flexibility index (Phi) is 5.87. The van der Waals surface area contributed by atoms with E-state index in [-0.39, 0.29) is 11.9 Å². The van der Waals surface area contributed by atoms with Crippen molar-refractivity contribution in [1.82, 2.24) is 5.43 Å². The van der Waals surface area contributed by atoms with Crippen molar-refractivity contribution in [3.8, 4) is 5.75 Å². The molecule has 5 rings (SSSR count). The third-order valence-electron chi connectivity index (χ3n) is 5.95. The van der Waals surface area contributed by atoms with Crippen LogP contribution in [-0.2, 0) is 11.2 Å². The van der Waals surface area contributed by atoms with Gasteiger partial charge < -0.3 is 4.74 Å². The topological polar surface area (TPSA) is 57.2 Å². The number of hydrogen-bond donors (Lipinski definition) is 1. The lowest BCUT2D eigenvalue weighted by molar-refractivity contribution is -0.115. The summed E-state index contributed by atoms with van der Waals surface area (Å²) in [6.07, 6.45) is 1.33. The zero-order valence-electron chi connectivity index (χ0n) is 18.0. The number of benzene rings is 3. The first kappa shape index (κ1) is 21.6. The molecule has 3 aromatic rings. The van der Waals surface area contributed by atoms with Gasteiger partial charge in [0.1, 0.15) is 11.5 Å². The summed E-state index contributed by atoms with van der Waals surface area (Å²) < 4.78 is 5.29. The van der Waals surface area contributed by atoms with Crippen molar-refractivity contribution in [3.05, 3.63) is 87.9 Å². The van der Waals surface area contributed by atoms with Crippen LogP contribution in [0.1, 0.15) is 23.6 Å². The molecule has 0 saturated carbocycles. The van der Waals surface area contributed by atoms with Gasteiger partial charge >= 0.3 is 0 Å². The highest BCUT2D eigenvalue weighted by Crippen LogP contribution is 2.40. The summed E-state index contributed by atoms with van der Waals surface area (Å²) in [7, 11) is 1.63. The van der Waals surface area contributed by atoms with Crippen LogP contribution < -0.4 is 20.2 Å². The number of hydrogen-bond acceptors (Lipinski definition) is 5. The Hall–Kier alpha value is -3.22. The third-order valence-corrected chi connectivity index (χ3v) is 6.49. The zero-order valence-corrected chi connectivity index (χ0v) is 19.5. The van der Waals surface area contributed by atoms with Gasteiger partial charge in [0.2, 0.25) is 0 Å². The molecular formula is C25H22Cl2N4O2. The van der Waals surface area contributed by atoms with Crippen molar-refractivity contribution >= 4 is 46.2 Å². The number of methoxy groups -OCH3 is 1. The molecular weight excluding hydrogens is 459 g/mol. The maximum absolute atomic E-state index is 13.2. The van der Waals surface area contributed by atoms with Crippen LogP contribution in [0.4, 0.5) is 11.4 Å². The molecule has 0 radical (unpaired) electrons. The summed E-state index contributed by atoms with van der Waals surface area (Å²) >= 11 is 12.6. The van der Waals surface area contributed by atoms with E-state index in [0.717, 1.165) is 30.0 Å². The van der Waals surface area contributed by atoms with Gasteiger partial charge in [-0.2, -0.15) is 5.10 Å². The highest BCUT2D eigenvalue weighted by molar-refractivity contribution is 6.40. The molecule has 0 aromatic heterocycles. The lowest BCUT2D eigenvalue weighted by Crippen LogP contribution is -2.44. The molecule has 1 N–H and O–H groups in total. The highest BCUT2D eigenvalue weighted by Gasteiger charge is 2.34. The number of para-hydroxylation sites is 1. The summed E-state index contributed by atoms with van der Waals surface area (Å²) in [5, 5.41) is 9.40. The van der Waals surface area contributed by atoms with Crippen LogP contribution in [0, 0.1) is 0 Å². The van der Waals surface area contributed by atoms with Crippen molar-refractivity contribution in [2.45, 2.75) is 18.9 Å². The quantitative estimate of drug-likeness (QED) is 0.530. The van der Waals surface area contributed by atoms with Crippen LogP contribution in [0.5, 0.6) is 5.75 Å². The number of nitrogens with zero attached hydrogens (tertiary/aromatic N) is 3. The second kappa shape index (κ2) is 8.96. The van der Waals surface area contributed by atoms with E-state index in [2.05, 4.69) is 11.5 Å². The molecule has 1 amide bonds. The second-order valence-corrected chi connectivity index (χ2v) is 8.79. The minimum absolute atomic E-state index is 0.193. The molecule has 0 saturated heterocycles. The van der Waals surface area contributed by atoms with Gasteiger partial charge in [-0.1, -0.05) is 53.5 Å².